The second-order valence-electron chi connectivity index (χ2n) is 6.41. The van der Waals surface area contributed by atoms with E-state index in [1.165, 1.54) is 32.1 Å². The first kappa shape index (κ1) is 13.5. The van der Waals surface area contributed by atoms with Crippen LogP contribution in [0.2, 0.25) is 0 Å². The zero-order chi connectivity index (χ0) is 14.2. The summed E-state index contributed by atoms with van der Waals surface area (Å²) in [6.45, 7) is 0. The number of carbonyl (C=O) groups is 1. The van der Waals surface area contributed by atoms with Crippen molar-refractivity contribution in [3.8, 4) is 0 Å². The molecule has 20 heavy (non-hydrogen) atoms. The zero-order valence-corrected chi connectivity index (χ0v) is 12.3. The van der Waals surface area contributed by atoms with Crippen LogP contribution in [-0.4, -0.2) is 23.9 Å². The van der Waals surface area contributed by atoms with Crippen LogP contribution in [0.5, 0.6) is 0 Å². The van der Waals surface area contributed by atoms with Crippen LogP contribution in [0.25, 0.3) is 0 Å². The average Bonchev–Trinajstić information content (AvgIpc) is 3.29. The van der Waals surface area contributed by atoms with Gasteiger partial charge in [0.25, 0.3) is 0 Å². The van der Waals surface area contributed by atoms with Crippen molar-refractivity contribution >= 4 is 11.6 Å². The Kier molecular flexibility index (Phi) is 3.45. The summed E-state index contributed by atoms with van der Waals surface area (Å²) in [6, 6.07) is 8.30. The Hall–Kier alpha value is -1.51. The maximum absolute atomic E-state index is 12.9. The van der Waals surface area contributed by atoms with Gasteiger partial charge in [-0.1, -0.05) is 31.4 Å². The van der Waals surface area contributed by atoms with E-state index in [9.17, 15) is 4.79 Å². The van der Waals surface area contributed by atoms with Crippen molar-refractivity contribution in [1.82, 2.24) is 4.90 Å². The van der Waals surface area contributed by atoms with Gasteiger partial charge in [0.15, 0.2) is 0 Å². The number of anilines is 1. The van der Waals surface area contributed by atoms with Crippen LogP contribution >= 0.6 is 0 Å². The minimum absolute atomic E-state index is 0.250. The van der Waals surface area contributed by atoms with Gasteiger partial charge >= 0.3 is 0 Å². The van der Waals surface area contributed by atoms with Gasteiger partial charge in [-0.2, -0.15) is 0 Å². The number of amides is 1. The molecular formula is C17H24N2O. The highest BCUT2D eigenvalue weighted by Crippen LogP contribution is 2.50. The molecule has 0 aromatic heterocycles. The molecule has 2 aliphatic carbocycles. The Morgan fingerprint density at radius 3 is 2.30 bits per heavy atom. The number of carbonyl (C=O) groups excluding carboxylic acids is 1. The second-order valence-corrected chi connectivity index (χ2v) is 6.41. The fourth-order valence-corrected chi connectivity index (χ4v) is 3.52. The first-order valence-corrected chi connectivity index (χ1v) is 7.77. The Labute approximate surface area is 121 Å². The number of nitrogens with zero attached hydrogens (tertiary/aromatic N) is 1. The van der Waals surface area contributed by atoms with Crippen molar-refractivity contribution in [1.29, 1.82) is 0 Å². The maximum atomic E-state index is 12.9. The van der Waals surface area contributed by atoms with Gasteiger partial charge < -0.3 is 10.6 Å². The first-order chi connectivity index (χ1) is 9.63. The van der Waals surface area contributed by atoms with E-state index < -0.39 is 0 Å². The number of nitrogen functional groups attached to an aromatic ring is 1. The highest BCUT2D eigenvalue weighted by molar-refractivity contribution is 5.91. The molecule has 108 valence electrons. The molecule has 0 bridgehead atoms. The fraction of sp³-hybridized carbons (Fsp3) is 0.588. The summed E-state index contributed by atoms with van der Waals surface area (Å²) in [4.78, 5) is 14.9. The Bertz CT molecular complexity index is 484. The van der Waals surface area contributed by atoms with Crippen LogP contribution in [0.3, 0.4) is 0 Å². The van der Waals surface area contributed by atoms with E-state index in [-0.39, 0.29) is 5.41 Å². The molecule has 0 aliphatic heterocycles. The van der Waals surface area contributed by atoms with E-state index in [4.69, 9.17) is 5.73 Å². The second kappa shape index (κ2) is 5.12. The molecule has 1 amide bonds. The molecule has 2 N–H and O–H groups in total. The normalized spacial score (nSPS) is 21.4. The van der Waals surface area contributed by atoms with Gasteiger partial charge in [-0.15, -0.1) is 0 Å². The van der Waals surface area contributed by atoms with Gasteiger partial charge in [0.1, 0.15) is 0 Å². The van der Waals surface area contributed by atoms with Crippen molar-refractivity contribution < 1.29 is 4.79 Å². The molecule has 0 saturated heterocycles. The molecule has 3 rings (SSSR count). The van der Waals surface area contributed by atoms with Crippen LogP contribution in [0.4, 0.5) is 5.69 Å². The molecular weight excluding hydrogens is 248 g/mol. The molecule has 0 spiro atoms. The summed E-state index contributed by atoms with van der Waals surface area (Å²) in [5, 5.41) is 0. The van der Waals surface area contributed by atoms with Crippen molar-refractivity contribution in [3.63, 3.8) is 0 Å². The van der Waals surface area contributed by atoms with E-state index in [0.717, 1.165) is 24.1 Å². The van der Waals surface area contributed by atoms with E-state index in [2.05, 4.69) is 0 Å². The smallest absolute Gasteiger partial charge is 0.233 e. The summed E-state index contributed by atoms with van der Waals surface area (Å²) in [6.07, 6.45) is 8.13. The van der Waals surface area contributed by atoms with Gasteiger partial charge in [-0.25, -0.2) is 0 Å². The molecule has 0 atom stereocenters. The third-order valence-electron chi connectivity index (χ3n) is 5.07. The predicted molar refractivity (Wildman–Crippen MR) is 81.4 cm³/mol. The van der Waals surface area contributed by atoms with Gasteiger partial charge in [-0.05, 0) is 43.4 Å². The Morgan fingerprint density at radius 2 is 1.75 bits per heavy atom. The van der Waals surface area contributed by atoms with Crippen LogP contribution < -0.4 is 5.73 Å². The van der Waals surface area contributed by atoms with Crippen molar-refractivity contribution in [2.75, 3.05) is 12.8 Å². The van der Waals surface area contributed by atoms with E-state index in [0.29, 0.717) is 11.9 Å². The van der Waals surface area contributed by atoms with Crippen LogP contribution in [-0.2, 0) is 10.2 Å². The van der Waals surface area contributed by atoms with E-state index in [1.54, 1.807) is 0 Å². The number of likely N-dealkylation sites (N-methyl/N-ethyl adjacent to an activating group) is 1. The summed E-state index contributed by atoms with van der Waals surface area (Å²) in [7, 11) is 2.00. The number of hydrogen-bond donors (Lipinski definition) is 1. The minimum Gasteiger partial charge on any atom is -0.399 e. The molecule has 0 heterocycles. The van der Waals surface area contributed by atoms with E-state index in [1.807, 2.05) is 36.2 Å². The lowest BCUT2D eigenvalue weighted by Crippen LogP contribution is -2.43. The number of nitrogens with two attached hydrogens (primary N) is 1. The molecule has 3 heteroatoms. The van der Waals surface area contributed by atoms with Gasteiger partial charge in [-0.3, -0.25) is 4.79 Å². The zero-order valence-electron chi connectivity index (χ0n) is 12.3. The number of hydrogen-bond acceptors (Lipinski definition) is 2. The average molecular weight is 272 g/mol. The SMILES string of the molecule is CN(C(=O)C1(c2ccc(N)cc2)CC1)C1CCCCC1. The Morgan fingerprint density at radius 1 is 1.15 bits per heavy atom. The van der Waals surface area contributed by atoms with Crippen LogP contribution in [0.1, 0.15) is 50.5 Å². The maximum Gasteiger partial charge on any atom is 0.233 e. The third kappa shape index (κ3) is 2.30. The van der Waals surface area contributed by atoms with Crippen molar-refractivity contribution in [2.45, 2.75) is 56.4 Å². The lowest BCUT2D eigenvalue weighted by molar-refractivity contribution is -0.135. The number of benzene rings is 1. The van der Waals surface area contributed by atoms with Crippen molar-refractivity contribution in [2.24, 2.45) is 0 Å². The standard InChI is InChI=1S/C17H24N2O/c1-19(15-5-3-2-4-6-15)16(20)17(11-12-17)13-7-9-14(18)10-8-13/h7-10,15H,2-6,11-12,18H2,1H3. The van der Waals surface area contributed by atoms with Gasteiger partial charge in [0, 0.05) is 18.8 Å². The van der Waals surface area contributed by atoms with Gasteiger partial charge in [0.05, 0.1) is 5.41 Å². The lowest BCUT2D eigenvalue weighted by atomic mass is 9.90. The molecule has 2 fully saturated rings. The predicted octanol–water partition coefficient (Wildman–Crippen LogP) is 3.09. The largest absolute Gasteiger partial charge is 0.399 e. The summed E-state index contributed by atoms with van der Waals surface area (Å²) < 4.78 is 0. The summed E-state index contributed by atoms with van der Waals surface area (Å²) in [5.41, 5.74) is 7.40. The minimum atomic E-state index is -0.250. The summed E-state index contributed by atoms with van der Waals surface area (Å²) >= 11 is 0. The van der Waals surface area contributed by atoms with Crippen LogP contribution in [0, 0.1) is 0 Å². The van der Waals surface area contributed by atoms with Crippen LogP contribution in [0.15, 0.2) is 24.3 Å². The van der Waals surface area contributed by atoms with Crippen molar-refractivity contribution in [3.05, 3.63) is 29.8 Å². The number of rotatable bonds is 3. The lowest BCUT2D eigenvalue weighted by Gasteiger charge is -2.34. The molecule has 3 nitrogen and oxygen atoms in total. The Balaban J connectivity index is 1.77. The molecule has 1 aromatic carbocycles. The fourth-order valence-electron chi connectivity index (χ4n) is 3.52. The third-order valence-corrected chi connectivity index (χ3v) is 5.07. The molecule has 0 radical (unpaired) electrons. The molecule has 2 aliphatic rings. The summed E-state index contributed by atoms with van der Waals surface area (Å²) in [5.74, 6) is 0.314. The molecule has 2 saturated carbocycles. The highest BCUT2D eigenvalue weighted by atomic mass is 16.2. The van der Waals surface area contributed by atoms with E-state index >= 15 is 0 Å². The molecule has 0 unspecified atom stereocenters. The monoisotopic (exact) mass is 272 g/mol. The first-order valence-electron chi connectivity index (χ1n) is 7.77. The quantitative estimate of drug-likeness (QED) is 0.859. The molecule has 1 aromatic rings. The topological polar surface area (TPSA) is 46.3 Å². The highest BCUT2D eigenvalue weighted by Gasteiger charge is 2.53. The van der Waals surface area contributed by atoms with Gasteiger partial charge in [0.2, 0.25) is 5.91 Å².